The predicted octanol–water partition coefficient (Wildman–Crippen LogP) is 3.05. The Labute approximate surface area is 183 Å². The summed E-state index contributed by atoms with van der Waals surface area (Å²) in [5, 5.41) is 23.4. The van der Waals surface area contributed by atoms with E-state index in [2.05, 4.69) is 15.5 Å². The topological polar surface area (TPSA) is 146 Å². The van der Waals surface area contributed by atoms with Gasteiger partial charge in [-0.2, -0.15) is 4.39 Å². The number of rotatable bonds is 9. The molecule has 0 aliphatic heterocycles. The van der Waals surface area contributed by atoms with Crippen molar-refractivity contribution in [2.24, 2.45) is 5.73 Å². The Morgan fingerprint density at radius 3 is 2.81 bits per heavy atom. The summed E-state index contributed by atoms with van der Waals surface area (Å²) >= 11 is 2.56. The van der Waals surface area contributed by atoms with Crippen LogP contribution < -0.4 is 11.1 Å². The number of carbonyl (C=O) groups is 2. The molecule has 0 saturated carbocycles. The van der Waals surface area contributed by atoms with Crippen LogP contribution in [0.25, 0.3) is 10.7 Å². The minimum Gasteiger partial charge on any atom is -0.370 e. The lowest BCUT2D eigenvalue weighted by Crippen LogP contribution is -2.23. The van der Waals surface area contributed by atoms with Crippen molar-refractivity contribution in [1.29, 1.82) is 0 Å². The van der Waals surface area contributed by atoms with E-state index in [-0.39, 0.29) is 18.7 Å². The maximum Gasteiger partial charge on any atom is 0.306 e. The first-order valence-electron chi connectivity index (χ1n) is 8.93. The monoisotopic (exact) mass is 464 g/mol. The number of primary amides is 1. The van der Waals surface area contributed by atoms with E-state index < -0.39 is 33.5 Å². The lowest BCUT2D eigenvalue weighted by Gasteiger charge is -2.13. The summed E-state index contributed by atoms with van der Waals surface area (Å²) in [5.74, 6) is -1.38. The van der Waals surface area contributed by atoms with Gasteiger partial charge in [-0.3, -0.25) is 19.7 Å². The van der Waals surface area contributed by atoms with Crippen LogP contribution in [0, 0.1) is 15.9 Å². The molecule has 0 bridgehead atoms. The van der Waals surface area contributed by atoms with Gasteiger partial charge in [0.05, 0.1) is 15.1 Å². The molecule has 1 unspecified atom stereocenters. The molecule has 0 aliphatic rings. The van der Waals surface area contributed by atoms with E-state index in [1.54, 1.807) is 11.5 Å². The first-order chi connectivity index (χ1) is 14.8. The van der Waals surface area contributed by atoms with Gasteiger partial charge in [0.15, 0.2) is 11.0 Å². The smallest absolute Gasteiger partial charge is 0.306 e. The van der Waals surface area contributed by atoms with Crippen LogP contribution in [0.4, 0.5) is 15.8 Å². The van der Waals surface area contributed by atoms with Crippen LogP contribution >= 0.6 is 23.1 Å². The van der Waals surface area contributed by atoms with Crippen LogP contribution in [-0.2, 0) is 16.1 Å². The van der Waals surface area contributed by atoms with E-state index in [0.29, 0.717) is 11.0 Å². The van der Waals surface area contributed by atoms with Crippen LogP contribution in [0.3, 0.4) is 0 Å². The molecule has 0 aliphatic carbocycles. The van der Waals surface area contributed by atoms with Crippen LogP contribution in [-0.4, -0.2) is 36.8 Å². The van der Waals surface area contributed by atoms with Gasteiger partial charge in [-0.15, -0.1) is 21.5 Å². The van der Waals surface area contributed by atoms with Gasteiger partial charge < -0.3 is 15.6 Å². The number of nitrogens with two attached hydrogens (primary N) is 1. The Balaban J connectivity index is 1.77. The highest BCUT2D eigenvalue weighted by Crippen LogP contribution is 2.30. The quantitative estimate of drug-likeness (QED) is 0.281. The summed E-state index contributed by atoms with van der Waals surface area (Å²) in [6.45, 7) is 1.87. The number of thiophene rings is 1. The minimum atomic E-state index is -0.992. The van der Waals surface area contributed by atoms with Gasteiger partial charge in [-0.1, -0.05) is 17.8 Å². The molecule has 2 aromatic heterocycles. The fraction of sp³-hybridized carbons (Fsp3) is 0.222. The second-order valence-corrected chi connectivity index (χ2v) is 8.58. The average Bonchev–Trinajstić information content (AvgIpc) is 3.37. The highest BCUT2D eigenvalue weighted by Gasteiger charge is 2.23. The largest absolute Gasteiger partial charge is 0.370 e. The van der Waals surface area contributed by atoms with Crippen molar-refractivity contribution in [3.63, 3.8) is 0 Å². The molecule has 1 aromatic carbocycles. The first kappa shape index (κ1) is 22.4. The van der Waals surface area contributed by atoms with Gasteiger partial charge in [0, 0.05) is 24.7 Å². The highest BCUT2D eigenvalue weighted by atomic mass is 32.2. The molecule has 0 fully saturated rings. The second kappa shape index (κ2) is 9.66. The van der Waals surface area contributed by atoms with Crippen molar-refractivity contribution in [2.45, 2.75) is 30.3 Å². The molecule has 3 rings (SSSR count). The van der Waals surface area contributed by atoms with Gasteiger partial charge in [-0.25, -0.2) is 0 Å². The van der Waals surface area contributed by atoms with E-state index in [1.807, 2.05) is 17.5 Å². The van der Waals surface area contributed by atoms with Gasteiger partial charge in [0.25, 0.3) is 0 Å². The normalized spacial score (nSPS) is 11.8. The van der Waals surface area contributed by atoms with Gasteiger partial charge >= 0.3 is 5.69 Å². The molecule has 31 heavy (non-hydrogen) atoms. The average molecular weight is 465 g/mol. The second-order valence-electron chi connectivity index (χ2n) is 6.32. The van der Waals surface area contributed by atoms with Crippen LogP contribution in [0.5, 0.6) is 0 Å². The van der Waals surface area contributed by atoms with Crippen molar-refractivity contribution in [1.82, 2.24) is 14.8 Å². The zero-order valence-corrected chi connectivity index (χ0v) is 17.8. The van der Waals surface area contributed by atoms with Crippen molar-refractivity contribution in [3.8, 4) is 10.7 Å². The minimum absolute atomic E-state index is 0.0732. The molecule has 2 heterocycles. The standard InChI is InChI=1S/C18H17FN6O4S2/c1-10(17(27)21-11-4-5-12(19)13(9-11)25(28)29)31-18-23-22-16(14-3-2-8-30-14)24(18)7-6-15(20)26/h2-5,8-10H,6-7H2,1H3,(H2,20,26)(H,21,27). The van der Waals surface area contributed by atoms with Crippen LogP contribution in [0.15, 0.2) is 40.9 Å². The van der Waals surface area contributed by atoms with Crippen LogP contribution in [0.2, 0.25) is 0 Å². The molecule has 3 N–H and O–H groups in total. The summed E-state index contributed by atoms with van der Waals surface area (Å²) in [4.78, 5) is 34.7. The number of anilines is 1. The van der Waals surface area contributed by atoms with E-state index in [0.717, 1.165) is 28.8 Å². The van der Waals surface area contributed by atoms with Crippen molar-refractivity contribution >= 4 is 46.3 Å². The first-order valence-corrected chi connectivity index (χ1v) is 10.7. The molecule has 3 aromatic rings. The zero-order valence-electron chi connectivity index (χ0n) is 16.1. The third-order valence-electron chi connectivity index (χ3n) is 4.10. The summed E-state index contributed by atoms with van der Waals surface area (Å²) in [7, 11) is 0. The molecular formula is C18H17FN6O4S2. The number of nitro benzene ring substituents is 1. The maximum absolute atomic E-state index is 13.5. The molecule has 1 atom stereocenters. The van der Waals surface area contributed by atoms with Gasteiger partial charge in [-0.05, 0) is 30.5 Å². The maximum atomic E-state index is 13.5. The third kappa shape index (κ3) is 5.44. The van der Waals surface area contributed by atoms with E-state index in [1.165, 1.54) is 17.4 Å². The number of nitro groups is 1. The van der Waals surface area contributed by atoms with Crippen LogP contribution in [0.1, 0.15) is 13.3 Å². The number of nitrogens with zero attached hydrogens (tertiary/aromatic N) is 4. The molecule has 0 saturated heterocycles. The summed E-state index contributed by atoms with van der Waals surface area (Å²) in [6, 6.07) is 6.83. The molecule has 13 heteroatoms. The number of nitrogens with one attached hydrogen (secondary N) is 1. The number of thioether (sulfide) groups is 1. The fourth-order valence-corrected chi connectivity index (χ4v) is 4.17. The van der Waals surface area contributed by atoms with Crippen molar-refractivity contribution < 1.29 is 18.9 Å². The van der Waals surface area contributed by atoms with Gasteiger partial charge in [0.1, 0.15) is 0 Å². The summed E-state index contributed by atoms with van der Waals surface area (Å²) in [6.07, 6.45) is 0.0732. The Kier molecular flexibility index (Phi) is 6.97. The Morgan fingerprint density at radius 1 is 1.39 bits per heavy atom. The van der Waals surface area contributed by atoms with E-state index in [4.69, 9.17) is 5.73 Å². The Bertz CT molecular complexity index is 1120. The van der Waals surface area contributed by atoms with E-state index in [9.17, 15) is 24.1 Å². The number of amides is 2. The summed E-state index contributed by atoms with van der Waals surface area (Å²) < 4.78 is 15.2. The molecule has 2 amide bonds. The number of hydrogen-bond acceptors (Lipinski definition) is 8. The molecular weight excluding hydrogens is 447 g/mol. The van der Waals surface area contributed by atoms with Crippen molar-refractivity contribution in [2.75, 3.05) is 5.32 Å². The number of halogens is 1. The fourth-order valence-electron chi connectivity index (χ4n) is 2.57. The molecule has 0 radical (unpaired) electrons. The molecule has 0 spiro atoms. The third-order valence-corrected chi connectivity index (χ3v) is 6.05. The number of aromatic nitrogens is 3. The number of hydrogen-bond donors (Lipinski definition) is 2. The lowest BCUT2D eigenvalue weighted by atomic mass is 10.2. The number of carbonyl (C=O) groups excluding carboxylic acids is 2. The molecule has 162 valence electrons. The van der Waals surface area contributed by atoms with Gasteiger partial charge in [0.2, 0.25) is 17.6 Å². The SMILES string of the molecule is CC(Sc1nnc(-c2cccs2)n1CCC(N)=O)C(=O)Nc1ccc(F)c([N+](=O)[O-])c1. The Hall–Kier alpha value is -3.32. The summed E-state index contributed by atoms with van der Waals surface area (Å²) in [5.41, 5.74) is 4.64. The lowest BCUT2D eigenvalue weighted by molar-refractivity contribution is -0.387. The number of benzene rings is 1. The highest BCUT2D eigenvalue weighted by molar-refractivity contribution is 8.00. The van der Waals surface area contributed by atoms with Crippen molar-refractivity contribution in [3.05, 3.63) is 51.6 Å². The Morgan fingerprint density at radius 2 is 2.16 bits per heavy atom. The molecule has 10 nitrogen and oxygen atoms in total. The van der Waals surface area contributed by atoms with E-state index >= 15 is 0 Å². The predicted molar refractivity (Wildman–Crippen MR) is 114 cm³/mol. The zero-order chi connectivity index (χ0) is 22.5.